The molecule has 1 aromatic carbocycles. The Balaban J connectivity index is 2.06. The second-order valence-electron chi connectivity index (χ2n) is 6.20. The van der Waals surface area contributed by atoms with Crippen molar-refractivity contribution < 1.29 is 14.5 Å². The summed E-state index contributed by atoms with van der Waals surface area (Å²) >= 11 is 0. The number of carbonyl (C=O) groups is 2. The monoisotopic (exact) mass is 348 g/mol. The molecule has 8 nitrogen and oxygen atoms in total. The van der Waals surface area contributed by atoms with E-state index in [1.54, 1.807) is 11.8 Å². The first-order valence-electron chi connectivity index (χ1n) is 8.49. The summed E-state index contributed by atoms with van der Waals surface area (Å²) in [5.41, 5.74) is 6.20. The lowest BCUT2D eigenvalue weighted by Gasteiger charge is -2.24. The number of rotatable bonds is 7. The maximum atomic E-state index is 12.7. The first kappa shape index (κ1) is 18.9. The number of nitro groups is 1. The molecule has 1 atom stereocenters. The molecule has 1 unspecified atom stereocenters. The van der Waals surface area contributed by atoms with Crippen molar-refractivity contribution in [3.63, 3.8) is 0 Å². The first-order valence-corrected chi connectivity index (χ1v) is 8.49. The van der Waals surface area contributed by atoms with E-state index in [2.05, 4.69) is 5.32 Å². The van der Waals surface area contributed by atoms with Crippen LogP contribution < -0.4 is 11.1 Å². The van der Waals surface area contributed by atoms with Gasteiger partial charge >= 0.3 is 0 Å². The lowest BCUT2D eigenvalue weighted by atomic mass is 10.1. The minimum absolute atomic E-state index is 0.0211. The largest absolute Gasteiger partial charge is 0.354 e. The molecule has 1 heterocycles. The lowest BCUT2D eigenvalue weighted by Crippen LogP contribution is -2.46. The number of nitrogens with one attached hydrogen (secondary N) is 1. The molecule has 25 heavy (non-hydrogen) atoms. The minimum Gasteiger partial charge on any atom is -0.354 e. The van der Waals surface area contributed by atoms with Crippen LogP contribution >= 0.6 is 0 Å². The second kappa shape index (κ2) is 8.57. The molecule has 3 N–H and O–H groups in total. The standard InChI is InChI=1S/C17H24N4O4/c1-12-11-13(6-7-14(12)21(24)25)17(23)20-10-4-5-15(20)16(22)19-9-3-2-8-18/h6-7,11,15H,2-5,8-10,18H2,1H3,(H,19,22). The summed E-state index contributed by atoms with van der Waals surface area (Å²) in [6.07, 6.45) is 3.04. The van der Waals surface area contributed by atoms with E-state index in [9.17, 15) is 19.7 Å². The van der Waals surface area contributed by atoms with Crippen molar-refractivity contribution in [2.75, 3.05) is 19.6 Å². The Morgan fingerprint density at radius 1 is 1.40 bits per heavy atom. The number of nitrogens with two attached hydrogens (primary N) is 1. The number of nitrogens with zero attached hydrogens (tertiary/aromatic N) is 2. The molecule has 1 saturated heterocycles. The highest BCUT2D eigenvalue weighted by molar-refractivity contribution is 5.98. The van der Waals surface area contributed by atoms with Gasteiger partial charge < -0.3 is 16.0 Å². The van der Waals surface area contributed by atoms with E-state index in [-0.39, 0.29) is 17.5 Å². The first-order chi connectivity index (χ1) is 12.0. The molecule has 0 bridgehead atoms. The van der Waals surface area contributed by atoms with E-state index in [4.69, 9.17) is 5.73 Å². The minimum atomic E-state index is -0.485. The Labute approximate surface area is 146 Å². The van der Waals surface area contributed by atoms with Crippen LogP contribution in [0.2, 0.25) is 0 Å². The van der Waals surface area contributed by atoms with Crippen molar-refractivity contribution in [2.24, 2.45) is 5.73 Å². The van der Waals surface area contributed by atoms with Crippen molar-refractivity contribution >= 4 is 17.5 Å². The van der Waals surface area contributed by atoms with Crippen LogP contribution in [-0.2, 0) is 4.79 Å². The number of benzene rings is 1. The third-order valence-electron chi connectivity index (χ3n) is 4.39. The van der Waals surface area contributed by atoms with Gasteiger partial charge in [0.05, 0.1) is 4.92 Å². The molecule has 136 valence electrons. The second-order valence-corrected chi connectivity index (χ2v) is 6.20. The molecule has 0 spiro atoms. The number of unbranched alkanes of at least 4 members (excludes halogenated alkanes) is 1. The van der Waals surface area contributed by atoms with Crippen molar-refractivity contribution in [1.29, 1.82) is 0 Å². The maximum absolute atomic E-state index is 12.7. The number of nitro benzene ring substituents is 1. The third-order valence-corrected chi connectivity index (χ3v) is 4.39. The summed E-state index contributed by atoms with van der Waals surface area (Å²) in [4.78, 5) is 37.0. The predicted octanol–water partition coefficient (Wildman–Crippen LogP) is 1.36. The van der Waals surface area contributed by atoms with Crippen LogP contribution in [0.15, 0.2) is 18.2 Å². The fraction of sp³-hybridized carbons (Fsp3) is 0.529. The van der Waals surface area contributed by atoms with Gasteiger partial charge in [-0.15, -0.1) is 0 Å². The van der Waals surface area contributed by atoms with Crippen LogP contribution in [0.5, 0.6) is 0 Å². The van der Waals surface area contributed by atoms with Gasteiger partial charge in [-0.05, 0) is 51.3 Å². The normalized spacial score (nSPS) is 16.7. The predicted molar refractivity (Wildman–Crippen MR) is 93.2 cm³/mol. The van der Waals surface area contributed by atoms with Crippen molar-refractivity contribution in [1.82, 2.24) is 10.2 Å². The number of aryl methyl sites for hydroxylation is 1. The van der Waals surface area contributed by atoms with Gasteiger partial charge in [-0.2, -0.15) is 0 Å². The van der Waals surface area contributed by atoms with Crippen molar-refractivity contribution in [2.45, 2.75) is 38.6 Å². The van der Waals surface area contributed by atoms with Crippen molar-refractivity contribution in [3.05, 3.63) is 39.4 Å². The summed E-state index contributed by atoms with van der Waals surface area (Å²) in [6.45, 7) is 3.24. The van der Waals surface area contributed by atoms with Crippen LogP contribution in [0.1, 0.15) is 41.6 Å². The number of likely N-dealkylation sites (tertiary alicyclic amines) is 1. The Morgan fingerprint density at radius 2 is 2.16 bits per heavy atom. The van der Waals surface area contributed by atoms with E-state index in [0.29, 0.717) is 37.2 Å². The van der Waals surface area contributed by atoms with Crippen LogP contribution in [0, 0.1) is 17.0 Å². The summed E-state index contributed by atoms with van der Waals surface area (Å²) < 4.78 is 0. The van der Waals surface area contributed by atoms with Gasteiger partial charge in [-0.1, -0.05) is 0 Å². The van der Waals surface area contributed by atoms with E-state index in [1.807, 2.05) is 0 Å². The Hall–Kier alpha value is -2.48. The Bertz CT molecular complexity index is 662. The topological polar surface area (TPSA) is 119 Å². The van der Waals surface area contributed by atoms with E-state index >= 15 is 0 Å². The summed E-state index contributed by atoms with van der Waals surface area (Å²) in [5, 5.41) is 13.8. The zero-order valence-electron chi connectivity index (χ0n) is 14.4. The summed E-state index contributed by atoms with van der Waals surface area (Å²) in [6, 6.07) is 3.80. The number of hydrogen-bond acceptors (Lipinski definition) is 5. The highest BCUT2D eigenvalue weighted by Gasteiger charge is 2.34. The average Bonchev–Trinajstić information content (AvgIpc) is 3.07. The molecule has 1 aliphatic heterocycles. The van der Waals surface area contributed by atoms with Crippen molar-refractivity contribution in [3.8, 4) is 0 Å². The molecule has 8 heteroatoms. The number of carbonyl (C=O) groups excluding carboxylic acids is 2. The van der Waals surface area contributed by atoms with Crippen LogP contribution in [-0.4, -0.2) is 47.3 Å². The molecule has 2 amide bonds. The molecule has 0 radical (unpaired) electrons. The zero-order valence-corrected chi connectivity index (χ0v) is 14.4. The molecule has 1 fully saturated rings. The van der Waals surface area contributed by atoms with Gasteiger partial charge in [-0.25, -0.2) is 0 Å². The third kappa shape index (κ3) is 4.54. The molecular weight excluding hydrogens is 324 g/mol. The molecule has 1 aliphatic rings. The highest BCUT2D eigenvalue weighted by atomic mass is 16.6. The van der Waals surface area contributed by atoms with E-state index in [1.165, 1.54) is 18.2 Å². The van der Waals surface area contributed by atoms with Gasteiger partial charge in [0, 0.05) is 30.3 Å². The van der Waals surface area contributed by atoms with Crippen LogP contribution in [0.3, 0.4) is 0 Å². The summed E-state index contributed by atoms with van der Waals surface area (Å²) in [7, 11) is 0. The van der Waals surface area contributed by atoms with E-state index < -0.39 is 11.0 Å². The van der Waals surface area contributed by atoms with Crippen LogP contribution in [0.25, 0.3) is 0 Å². The average molecular weight is 348 g/mol. The zero-order chi connectivity index (χ0) is 18.4. The molecule has 2 rings (SSSR count). The van der Waals surface area contributed by atoms with E-state index in [0.717, 1.165) is 19.3 Å². The Kier molecular flexibility index (Phi) is 6.46. The number of amides is 2. The van der Waals surface area contributed by atoms with Gasteiger partial charge in [0.15, 0.2) is 0 Å². The smallest absolute Gasteiger partial charge is 0.272 e. The van der Waals surface area contributed by atoms with Crippen LogP contribution in [0.4, 0.5) is 5.69 Å². The fourth-order valence-electron chi connectivity index (χ4n) is 3.04. The van der Waals surface area contributed by atoms with Gasteiger partial charge in [0.1, 0.15) is 6.04 Å². The van der Waals surface area contributed by atoms with Gasteiger partial charge in [0.25, 0.3) is 11.6 Å². The highest BCUT2D eigenvalue weighted by Crippen LogP contribution is 2.24. The lowest BCUT2D eigenvalue weighted by molar-refractivity contribution is -0.385. The molecular formula is C17H24N4O4. The maximum Gasteiger partial charge on any atom is 0.272 e. The Morgan fingerprint density at radius 3 is 2.80 bits per heavy atom. The number of hydrogen-bond donors (Lipinski definition) is 2. The fourth-order valence-corrected chi connectivity index (χ4v) is 3.04. The summed E-state index contributed by atoms with van der Waals surface area (Å²) in [5.74, 6) is -0.417. The molecule has 0 aliphatic carbocycles. The SMILES string of the molecule is Cc1cc(C(=O)N2CCCC2C(=O)NCCCCN)ccc1[N+](=O)[O-]. The molecule has 0 saturated carbocycles. The van der Waals surface area contributed by atoms with Gasteiger partial charge in [-0.3, -0.25) is 19.7 Å². The molecule has 0 aromatic heterocycles. The van der Waals surface area contributed by atoms with Gasteiger partial charge in [0.2, 0.25) is 5.91 Å². The quantitative estimate of drug-likeness (QED) is 0.438. The molecule has 1 aromatic rings.